The van der Waals surface area contributed by atoms with E-state index in [-0.39, 0.29) is 12.0 Å². The van der Waals surface area contributed by atoms with Gasteiger partial charge in [0.05, 0.1) is 10.7 Å². The number of benzene rings is 1. The van der Waals surface area contributed by atoms with Gasteiger partial charge >= 0.3 is 6.61 Å². The van der Waals surface area contributed by atoms with Gasteiger partial charge in [-0.2, -0.15) is 13.9 Å². The van der Waals surface area contributed by atoms with E-state index >= 15 is 0 Å². The van der Waals surface area contributed by atoms with Crippen molar-refractivity contribution in [2.45, 2.75) is 32.1 Å². The first-order chi connectivity index (χ1) is 10.6. The third kappa shape index (κ3) is 3.30. The summed E-state index contributed by atoms with van der Waals surface area (Å²) >= 11 is 3.25. The van der Waals surface area contributed by atoms with Crippen LogP contribution in [0.5, 0.6) is 5.75 Å². The predicted octanol–water partition coefficient (Wildman–Crippen LogP) is 4.61. The van der Waals surface area contributed by atoms with Crippen molar-refractivity contribution in [2.75, 3.05) is 6.61 Å². The quantitative estimate of drug-likeness (QED) is 0.785. The third-order valence-corrected chi connectivity index (χ3v) is 4.16. The van der Waals surface area contributed by atoms with E-state index in [0.29, 0.717) is 15.6 Å². The van der Waals surface area contributed by atoms with E-state index in [2.05, 4.69) is 25.8 Å². The van der Waals surface area contributed by atoms with Crippen LogP contribution in [0.25, 0.3) is 11.1 Å². The second-order valence-electron chi connectivity index (χ2n) is 5.03. The Morgan fingerprint density at radius 2 is 2.23 bits per heavy atom. The van der Waals surface area contributed by atoms with Gasteiger partial charge in [0.1, 0.15) is 12.0 Å². The number of para-hydroxylation sites is 1. The van der Waals surface area contributed by atoms with Crippen LogP contribution in [0.4, 0.5) is 8.78 Å². The van der Waals surface area contributed by atoms with Gasteiger partial charge in [-0.3, -0.25) is 0 Å². The first kappa shape index (κ1) is 15.4. The minimum absolute atomic E-state index is 0.0888. The molecule has 118 valence electrons. The van der Waals surface area contributed by atoms with Gasteiger partial charge in [-0.05, 0) is 41.3 Å². The normalized spacial score (nSPS) is 18.6. The van der Waals surface area contributed by atoms with Gasteiger partial charge < -0.3 is 9.47 Å². The van der Waals surface area contributed by atoms with Gasteiger partial charge in [-0.15, -0.1) is 0 Å². The zero-order chi connectivity index (χ0) is 15.5. The lowest BCUT2D eigenvalue weighted by Crippen LogP contribution is -2.18. The summed E-state index contributed by atoms with van der Waals surface area (Å²) in [5.74, 6) is 0.113. The number of hydrogen-bond acceptors (Lipinski definition) is 3. The highest BCUT2D eigenvalue weighted by atomic mass is 79.9. The lowest BCUT2D eigenvalue weighted by atomic mass is 10.1. The van der Waals surface area contributed by atoms with Gasteiger partial charge in [0.15, 0.2) is 0 Å². The van der Waals surface area contributed by atoms with E-state index in [4.69, 9.17) is 4.74 Å². The van der Waals surface area contributed by atoms with Crippen molar-refractivity contribution in [3.63, 3.8) is 0 Å². The first-order valence-corrected chi connectivity index (χ1v) is 7.84. The van der Waals surface area contributed by atoms with Gasteiger partial charge in [0, 0.05) is 23.9 Å². The lowest BCUT2D eigenvalue weighted by Gasteiger charge is -2.22. The molecule has 2 heterocycles. The molecule has 1 saturated heterocycles. The summed E-state index contributed by atoms with van der Waals surface area (Å²) in [6.45, 7) is -2.16. The fraction of sp³-hybridized carbons (Fsp3) is 0.400. The number of alkyl halides is 2. The Labute approximate surface area is 135 Å². The maximum absolute atomic E-state index is 12.6. The average Bonchev–Trinajstić information content (AvgIpc) is 2.99. The number of halogens is 3. The number of hydrogen-bond donors (Lipinski definition) is 0. The summed E-state index contributed by atoms with van der Waals surface area (Å²) < 4.78 is 37.7. The summed E-state index contributed by atoms with van der Waals surface area (Å²) in [4.78, 5) is 0. The Bertz CT molecular complexity index is 642. The van der Waals surface area contributed by atoms with Crippen LogP contribution in [-0.4, -0.2) is 23.0 Å². The van der Waals surface area contributed by atoms with Gasteiger partial charge in [0.25, 0.3) is 0 Å². The predicted molar refractivity (Wildman–Crippen MR) is 80.8 cm³/mol. The topological polar surface area (TPSA) is 36.3 Å². The minimum atomic E-state index is -2.88. The molecule has 0 spiro atoms. The second kappa shape index (κ2) is 6.75. The van der Waals surface area contributed by atoms with E-state index in [1.807, 2.05) is 0 Å². The molecule has 0 aliphatic carbocycles. The molecule has 2 aromatic rings. The van der Waals surface area contributed by atoms with E-state index in [1.54, 1.807) is 35.3 Å². The number of rotatable bonds is 4. The largest absolute Gasteiger partial charge is 0.433 e. The molecule has 1 fully saturated rings. The Hall–Kier alpha value is -1.47. The van der Waals surface area contributed by atoms with Crippen molar-refractivity contribution in [1.82, 2.24) is 9.78 Å². The molecular weight excluding hydrogens is 358 g/mol. The summed E-state index contributed by atoms with van der Waals surface area (Å²) in [6.07, 6.45) is 6.40. The van der Waals surface area contributed by atoms with Crippen molar-refractivity contribution in [3.8, 4) is 16.9 Å². The monoisotopic (exact) mass is 372 g/mol. The highest BCUT2D eigenvalue weighted by Crippen LogP contribution is 2.37. The van der Waals surface area contributed by atoms with Crippen LogP contribution in [0.15, 0.2) is 35.1 Å². The van der Waals surface area contributed by atoms with Crippen molar-refractivity contribution in [3.05, 3.63) is 35.1 Å². The van der Waals surface area contributed by atoms with Crippen LogP contribution in [0.1, 0.15) is 25.5 Å². The molecule has 0 N–H and O–H groups in total. The highest BCUT2D eigenvalue weighted by Gasteiger charge is 2.19. The minimum Gasteiger partial charge on any atom is -0.433 e. The number of aromatic nitrogens is 2. The van der Waals surface area contributed by atoms with Crippen LogP contribution in [0.2, 0.25) is 0 Å². The summed E-state index contributed by atoms with van der Waals surface area (Å²) in [5.41, 5.74) is 1.28. The molecule has 3 rings (SSSR count). The van der Waals surface area contributed by atoms with Crippen molar-refractivity contribution < 1.29 is 18.3 Å². The van der Waals surface area contributed by atoms with Crippen LogP contribution in [-0.2, 0) is 4.74 Å². The first-order valence-electron chi connectivity index (χ1n) is 7.04. The molecule has 0 amide bonds. The Morgan fingerprint density at radius 1 is 1.36 bits per heavy atom. The number of ether oxygens (including phenoxy) is 2. The van der Waals surface area contributed by atoms with Crippen LogP contribution >= 0.6 is 15.9 Å². The molecule has 0 bridgehead atoms. The molecule has 1 aromatic carbocycles. The van der Waals surface area contributed by atoms with Crippen molar-refractivity contribution in [1.29, 1.82) is 0 Å². The molecule has 22 heavy (non-hydrogen) atoms. The molecule has 1 aliphatic rings. The maximum Gasteiger partial charge on any atom is 0.387 e. The van der Waals surface area contributed by atoms with Gasteiger partial charge in [-0.25, -0.2) is 4.68 Å². The number of nitrogens with zero attached hydrogens (tertiary/aromatic N) is 2. The molecule has 1 aromatic heterocycles. The second-order valence-corrected chi connectivity index (χ2v) is 5.88. The molecular formula is C15H15BrF2N2O2. The molecule has 0 radical (unpaired) electrons. The van der Waals surface area contributed by atoms with Crippen LogP contribution < -0.4 is 4.74 Å². The molecule has 7 heteroatoms. The fourth-order valence-electron chi connectivity index (χ4n) is 2.51. The Balaban J connectivity index is 1.91. The Morgan fingerprint density at radius 3 is 2.95 bits per heavy atom. The zero-order valence-corrected chi connectivity index (χ0v) is 13.3. The standard InChI is InChI=1S/C15H15BrF2N2O2/c16-12-5-3-4-11(14(12)22-15(17)18)10-8-19-20(9-10)13-6-1-2-7-21-13/h3-5,8-9,13,15H,1-2,6-7H2. The Kier molecular flexibility index (Phi) is 4.73. The molecule has 1 unspecified atom stereocenters. The zero-order valence-electron chi connectivity index (χ0n) is 11.7. The SMILES string of the molecule is FC(F)Oc1c(Br)cccc1-c1cnn(C2CCCCO2)c1. The van der Waals surface area contributed by atoms with Crippen LogP contribution in [0, 0.1) is 0 Å². The third-order valence-electron chi connectivity index (χ3n) is 3.54. The fourth-order valence-corrected chi connectivity index (χ4v) is 2.97. The lowest BCUT2D eigenvalue weighted by molar-refractivity contribution is -0.0499. The summed E-state index contributed by atoms with van der Waals surface area (Å²) in [6, 6.07) is 5.16. The van der Waals surface area contributed by atoms with Crippen molar-refractivity contribution in [2.24, 2.45) is 0 Å². The summed E-state index contributed by atoms with van der Waals surface area (Å²) in [7, 11) is 0. The summed E-state index contributed by atoms with van der Waals surface area (Å²) in [5, 5.41) is 4.30. The van der Waals surface area contributed by atoms with E-state index in [1.165, 1.54) is 0 Å². The molecule has 0 saturated carbocycles. The molecule has 1 aliphatic heterocycles. The van der Waals surface area contributed by atoms with Crippen molar-refractivity contribution >= 4 is 15.9 Å². The van der Waals surface area contributed by atoms with E-state index in [0.717, 1.165) is 25.9 Å². The highest BCUT2D eigenvalue weighted by molar-refractivity contribution is 9.10. The molecule has 4 nitrogen and oxygen atoms in total. The van der Waals surface area contributed by atoms with E-state index in [9.17, 15) is 8.78 Å². The van der Waals surface area contributed by atoms with E-state index < -0.39 is 6.61 Å². The smallest absolute Gasteiger partial charge is 0.387 e. The maximum atomic E-state index is 12.6. The molecule has 1 atom stereocenters. The average molecular weight is 373 g/mol. The van der Waals surface area contributed by atoms with Gasteiger partial charge in [-0.1, -0.05) is 12.1 Å². The van der Waals surface area contributed by atoms with Gasteiger partial charge in [0.2, 0.25) is 0 Å². The van der Waals surface area contributed by atoms with Crippen LogP contribution in [0.3, 0.4) is 0 Å².